The van der Waals surface area contributed by atoms with E-state index in [-0.39, 0.29) is 0 Å². The molecular weight excluding hydrogens is 248 g/mol. The van der Waals surface area contributed by atoms with Gasteiger partial charge in [-0.3, -0.25) is 0 Å². The number of nitrogens with one attached hydrogen (secondary N) is 1. The number of hydrogen-bond donors (Lipinski definition) is 2. The molecule has 1 heterocycles. The van der Waals surface area contributed by atoms with Gasteiger partial charge < -0.3 is 15.3 Å². The summed E-state index contributed by atoms with van der Waals surface area (Å²) < 4.78 is 0. The number of benzene rings is 1. The molecule has 0 saturated carbocycles. The molecule has 3 unspecified atom stereocenters. The molecule has 1 aromatic carbocycles. The van der Waals surface area contributed by atoms with Gasteiger partial charge >= 0.3 is 0 Å². The third-order valence-corrected chi connectivity index (χ3v) is 4.54. The molecule has 0 amide bonds. The predicted octanol–water partition coefficient (Wildman–Crippen LogP) is 2.21. The van der Waals surface area contributed by atoms with Gasteiger partial charge in [-0.25, -0.2) is 0 Å². The van der Waals surface area contributed by atoms with Crippen LogP contribution in [0.3, 0.4) is 0 Å². The van der Waals surface area contributed by atoms with Crippen molar-refractivity contribution in [3.05, 3.63) is 35.9 Å². The molecule has 3 atom stereocenters. The largest absolute Gasteiger partial charge is 0.384 e. The summed E-state index contributed by atoms with van der Waals surface area (Å²) in [5.41, 5.74) is 0.175. The van der Waals surface area contributed by atoms with Gasteiger partial charge in [-0.05, 0) is 37.9 Å². The Hall–Kier alpha value is -0.900. The second-order valence-corrected chi connectivity index (χ2v) is 6.29. The van der Waals surface area contributed by atoms with E-state index in [2.05, 4.69) is 24.1 Å². The van der Waals surface area contributed by atoms with Crippen LogP contribution >= 0.6 is 0 Å². The molecular formula is C17H28N2O. The third kappa shape index (κ3) is 3.81. The first-order chi connectivity index (χ1) is 9.53. The van der Waals surface area contributed by atoms with E-state index in [0.717, 1.165) is 25.2 Å². The van der Waals surface area contributed by atoms with E-state index < -0.39 is 5.60 Å². The van der Waals surface area contributed by atoms with Crippen molar-refractivity contribution in [2.45, 2.75) is 38.8 Å². The molecule has 112 valence electrons. The lowest BCUT2D eigenvalue weighted by Gasteiger charge is -2.38. The Morgan fingerprint density at radius 3 is 2.65 bits per heavy atom. The minimum Gasteiger partial charge on any atom is -0.384 e. The fourth-order valence-electron chi connectivity index (χ4n) is 3.05. The van der Waals surface area contributed by atoms with Crippen molar-refractivity contribution in [1.82, 2.24) is 10.2 Å². The van der Waals surface area contributed by atoms with Gasteiger partial charge in [0.2, 0.25) is 0 Å². The smallest absolute Gasteiger partial charge is 0.0992 e. The lowest BCUT2D eigenvalue weighted by molar-refractivity contribution is 0.0454. The van der Waals surface area contributed by atoms with E-state index in [1.54, 1.807) is 0 Å². The average Bonchev–Trinajstić information content (AvgIpc) is 2.47. The summed E-state index contributed by atoms with van der Waals surface area (Å²) in [5, 5.41) is 14.2. The standard InChI is InChI=1S/C17H28N2O/c1-4-19-11-10-16(14(2)12-19)18-13-17(3,20)15-8-6-5-7-9-15/h5-9,14,16,18,20H,4,10-13H2,1-3H3. The Morgan fingerprint density at radius 1 is 1.35 bits per heavy atom. The minimum absolute atomic E-state index is 0.507. The van der Waals surface area contributed by atoms with Gasteiger partial charge in [-0.1, -0.05) is 44.2 Å². The second-order valence-electron chi connectivity index (χ2n) is 6.29. The Labute approximate surface area is 123 Å². The van der Waals surface area contributed by atoms with Gasteiger partial charge in [-0.2, -0.15) is 0 Å². The zero-order valence-corrected chi connectivity index (χ0v) is 13.0. The monoisotopic (exact) mass is 276 g/mol. The first-order valence-electron chi connectivity index (χ1n) is 7.76. The predicted molar refractivity (Wildman–Crippen MR) is 83.7 cm³/mol. The van der Waals surface area contributed by atoms with E-state index in [1.165, 1.54) is 6.42 Å². The summed E-state index contributed by atoms with van der Waals surface area (Å²) in [6.07, 6.45) is 1.17. The number of piperidine rings is 1. The van der Waals surface area contributed by atoms with E-state index >= 15 is 0 Å². The van der Waals surface area contributed by atoms with Gasteiger partial charge in [-0.15, -0.1) is 0 Å². The topological polar surface area (TPSA) is 35.5 Å². The van der Waals surface area contributed by atoms with Gasteiger partial charge in [0.25, 0.3) is 0 Å². The highest BCUT2D eigenvalue weighted by Crippen LogP contribution is 2.21. The van der Waals surface area contributed by atoms with Crippen molar-refractivity contribution in [1.29, 1.82) is 0 Å². The summed E-state index contributed by atoms with van der Waals surface area (Å²) in [4.78, 5) is 2.50. The highest BCUT2D eigenvalue weighted by molar-refractivity contribution is 5.21. The summed E-state index contributed by atoms with van der Waals surface area (Å²) >= 11 is 0. The Balaban J connectivity index is 1.89. The first kappa shape index (κ1) is 15.5. The van der Waals surface area contributed by atoms with Crippen LogP contribution in [0.1, 0.15) is 32.8 Å². The van der Waals surface area contributed by atoms with Crippen molar-refractivity contribution in [3.63, 3.8) is 0 Å². The molecule has 20 heavy (non-hydrogen) atoms. The minimum atomic E-state index is -0.803. The summed E-state index contributed by atoms with van der Waals surface area (Å²) in [5.74, 6) is 0.635. The van der Waals surface area contributed by atoms with Crippen LogP contribution in [-0.4, -0.2) is 42.2 Å². The normalized spacial score (nSPS) is 27.2. The third-order valence-electron chi connectivity index (χ3n) is 4.54. The molecule has 2 N–H and O–H groups in total. The molecule has 1 aromatic rings. The fraction of sp³-hybridized carbons (Fsp3) is 0.647. The Kier molecular flexibility index (Phi) is 5.19. The van der Waals surface area contributed by atoms with Gasteiger partial charge in [0, 0.05) is 19.1 Å². The van der Waals surface area contributed by atoms with Crippen molar-refractivity contribution >= 4 is 0 Å². The quantitative estimate of drug-likeness (QED) is 0.865. The lowest BCUT2D eigenvalue weighted by atomic mass is 9.91. The Morgan fingerprint density at radius 2 is 2.05 bits per heavy atom. The SMILES string of the molecule is CCN1CCC(NCC(C)(O)c2ccccc2)C(C)C1. The van der Waals surface area contributed by atoms with Crippen LogP contribution in [0, 0.1) is 5.92 Å². The molecule has 0 spiro atoms. The molecule has 1 saturated heterocycles. The van der Waals surface area contributed by atoms with Crippen molar-refractivity contribution in [2.24, 2.45) is 5.92 Å². The molecule has 0 aromatic heterocycles. The maximum absolute atomic E-state index is 10.6. The molecule has 0 radical (unpaired) electrons. The van der Waals surface area contributed by atoms with Crippen LogP contribution in [0.15, 0.2) is 30.3 Å². The first-order valence-corrected chi connectivity index (χ1v) is 7.76. The van der Waals surface area contributed by atoms with E-state index in [1.807, 2.05) is 37.3 Å². The number of likely N-dealkylation sites (tertiary alicyclic amines) is 1. The number of aliphatic hydroxyl groups is 1. The van der Waals surface area contributed by atoms with Crippen LogP contribution in [0.4, 0.5) is 0 Å². The number of nitrogens with zero attached hydrogens (tertiary/aromatic N) is 1. The zero-order chi connectivity index (χ0) is 14.6. The maximum atomic E-state index is 10.6. The van der Waals surface area contributed by atoms with Crippen LogP contribution in [-0.2, 0) is 5.60 Å². The van der Waals surface area contributed by atoms with Crippen LogP contribution in [0.5, 0.6) is 0 Å². The molecule has 2 rings (SSSR count). The van der Waals surface area contributed by atoms with Crippen LogP contribution in [0.2, 0.25) is 0 Å². The molecule has 0 aliphatic carbocycles. The second kappa shape index (κ2) is 6.70. The lowest BCUT2D eigenvalue weighted by Crippen LogP contribution is -2.51. The van der Waals surface area contributed by atoms with Crippen LogP contribution in [0.25, 0.3) is 0 Å². The van der Waals surface area contributed by atoms with E-state index in [0.29, 0.717) is 18.5 Å². The average molecular weight is 276 g/mol. The summed E-state index contributed by atoms with van der Waals surface area (Å²) in [6.45, 7) is 10.5. The van der Waals surface area contributed by atoms with Gasteiger partial charge in [0.05, 0.1) is 5.60 Å². The molecule has 3 nitrogen and oxygen atoms in total. The van der Waals surface area contributed by atoms with Crippen molar-refractivity contribution in [3.8, 4) is 0 Å². The molecule has 1 aliphatic heterocycles. The van der Waals surface area contributed by atoms with E-state index in [4.69, 9.17) is 0 Å². The molecule has 1 fully saturated rings. The van der Waals surface area contributed by atoms with E-state index in [9.17, 15) is 5.11 Å². The molecule has 0 bridgehead atoms. The van der Waals surface area contributed by atoms with Crippen LogP contribution < -0.4 is 5.32 Å². The number of rotatable bonds is 5. The fourth-order valence-corrected chi connectivity index (χ4v) is 3.05. The highest BCUT2D eigenvalue weighted by Gasteiger charge is 2.28. The summed E-state index contributed by atoms with van der Waals surface area (Å²) in [7, 11) is 0. The van der Waals surface area contributed by atoms with Gasteiger partial charge in [0.15, 0.2) is 0 Å². The van der Waals surface area contributed by atoms with Crippen molar-refractivity contribution in [2.75, 3.05) is 26.2 Å². The summed E-state index contributed by atoms with van der Waals surface area (Å²) in [6, 6.07) is 10.4. The molecule has 1 aliphatic rings. The van der Waals surface area contributed by atoms with Crippen molar-refractivity contribution < 1.29 is 5.11 Å². The Bertz CT molecular complexity index is 405. The zero-order valence-electron chi connectivity index (χ0n) is 13.0. The molecule has 3 heteroatoms. The number of hydrogen-bond acceptors (Lipinski definition) is 3. The van der Waals surface area contributed by atoms with Gasteiger partial charge in [0.1, 0.15) is 0 Å². The highest BCUT2D eigenvalue weighted by atomic mass is 16.3. The maximum Gasteiger partial charge on any atom is 0.0992 e.